The molecule has 0 atom stereocenters. The topological polar surface area (TPSA) is 12.0 Å². The van der Waals surface area contributed by atoms with Crippen molar-refractivity contribution in [2.75, 3.05) is 0 Å². The van der Waals surface area contributed by atoms with Crippen LogP contribution in [0.3, 0.4) is 0 Å². The van der Waals surface area contributed by atoms with Crippen LogP contribution in [0.5, 0.6) is 0 Å². The van der Waals surface area contributed by atoms with Crippen molar-refractivity contribution in [3.05, 3.63) is 68.7 Å². The lowest BCUT2D eigenvalue weighted by atomic mass is 10.1. The number of rotatable bonds is 4. The zero-order valence-corrected chi connectivity index (χ0v) is 12.6. The maximum absolute atomic E-state index is 5.98. The molecular weight excluding hydrogens is 310 g/mol. The van der Waals surface area contributed by atoms with Crippen molar-refractivity contribution in [3.8, 4) is 0 Å². The Morgan fingerprint density at radius 3 is 2.50 bits per heavy atom. The summed E-state index contributed by atoms with van der Waals surface area (Å²) >= 11 is 9.51. The van der Waals surface area contributed by atoms with Crippen LogP contribution in [0.25, 0.3) is 0 Å². The molecule has 0 saturated carbocycles. The fourth-order valence-electron chi connectivity index (χ4n) is 1.73. The monoisotopic (exact) mass is 323 g/mol. The largest absolute Gasteiger partial charge is 0.309 e. The van der Waals surface area contributed by atoms with Crippen molar-refractivity contribution in [2.45, 2.75) is 20.0 Å². The second-order valence-corrected chi connectivity index (χ2v) is 5.62. The molecule has 0 aliphatic heterocycles. The Bertz CT molecular complexity index is 523. The van der Waals surface area contributed by atoms with E-state index in [2.05, 4.69) is 52.4 Å². The minimum absolute atomic E-state index is 0.769. The molecule has 0 aliphatic carbocycles. The molecule has 0 heterocycles. The molecule has 1 N–H and O–H groups in total. The van der Waals surface area contributed by atoms with Gasteiger partial charge in [-0.25, -0.2) is 0 Å². The van der Waals surface area contributed by atoms with Crippen LogP contribution in [0.2, 0.25) is 5.02 Å². The van der Waals surface area contributed by atoms with E-state index in [0.29, 0.717) is 0 Å². The van der Waals surface area contributed by atoms with E-state index in [0.717, 1.165) is 22.6 Å². The Morgan fingerprint density at radius 2 is 1.78 bits per heavy atom. The highest BCUT2D eigenvalue weighted by Crippen LogP contribution is 2.21. The number of halogens is 2. The lowest BCUT2D eigenvalue weighted by molar-refractivity contribution is 0.691. The van der Waals surface area contributed by atoms with Gasteiger partial charge in [-0.1, -0.05) is 57.4 Å². The number of benzene rings is 2. The highest BCUT2D eigenvalue weighted by atomic mass is 79.9. The Balaban J connectivity index is 1.92. The van der Waals surface area contributed by atoms with Crippen LogP contribution in [0, 0.1) is 6.92 Å². The summed E-state index contributed by atoms with van der Waals surface area (Å²) in [7, 11) is 0. The Kier molecular flexibility index (Phi) is 4.81. The molecule has 2 rings (SSSR count). The fraction of sp³-hybridized carbons (Fsp3) is 0.200. The standard InChI is InChI=1S/C15H15BrClN/c1-11-2-4-12(5-3-11)9-18-10-13-8-14(17)6-7-15(13)16/h2-8,18H,9-10H2,1H3. The minimum atomic E-state index is 0.769. The van der Waals surface area contributed by atoms with Crippen molar-refractivity contribution in [2.24, 2.45) is 0 Å². The molecule has 0 unspecified atom stereocenters. The van der Waals surface area contributed by atoms with Crippen molar-refractivity contribution in [1.82, 2.24) is 5.32 Å². The summed E-state index contributed by atoms with van der Waals surface area (Å²) in [6.45, 7) is 3.76. The molecule has 0 saturated heterocycles. The molecule has 0 spiro atoms. The van der Waals surface area contributed by atoms with E-state index in [1.165, 1.54) is 16.7 Å². The van der Waals surface area contributed by atoms with Gasteiger partial charge in [0, 0.05) is 22.6 Å². The lowest BCUT2D eigenvalue weighted by Gasteiger charge is -2.08. The minimum Gasteiger partial charge on any atom is -0.309 e. The summed E-state index contributed by atoms with van der Waals surface area (Å²) in [5.41, 5.74) is 3.75. The van der Waals surface area contributed by atoms with E-state index in [1.807, 2.05) is 18.2 Å². The summed E-state index contributed by atoms with van der Waals surface area (Å²) in [5, 5.41) is 4.19. The van der Waals surface area contributed by atoms with Crippen LogP contribution in [-0.4, -0.2) is 0 Å². The summed E-state index contributed by atoms with van der Waals surface area (Å²) in [6, 6.07) is 14.4. The maximum atomic E-state index is 5.98. The predicted molar refractivity (Wildman–Crippen MR) is 80.9 cm³/mol. The first-order valence-electron chi connectivity index (χ1n) is 5.85. The summed E-state index contributed by atoms with van der Waals surface area (Å²) in [6.07, 6.45) is 0. The van der Waals surface area contributed by atoms with Crippen LogP contribution >= 0.6 is 27.5 Å². The molecule has 94 valence electrons. The van der Waals surface area contributed by atoms with Gasteiger partial charge in [-0.2, -0.15) is 0 Å². The molecule has 0 bridgehead atoms. The number of aryl methyl sites for hydroxylation is 1. The van der Waals surface area contributed by atoms with Gasteiger partial charge in [0.1, 0.15) is 0 Å². The van der Waals surface area contributed by atoms with Crippen LogP contribution in [0.4, 0.5) is 0 Å². The summed E-state index contributed by atoms with van der Waals surface area (Å²) in [5.74, 6) is 0. The Morgan fingerprint density at radius 1 is 1.06 bits per heavy atom. The first-order chi connectivity index (χ1) is 8.65. The third kappa shape index (κ3) is 3.84. The molecule has 2 aromatic carbocycles. The first-order valence-corrected chi connectivity index (χ1v) is 7.02. The summed E-state index contributed by atoms with van der Waals surface area (Å²) in [4.78, 5) is 0. The third-order valence-electron chi connectivity index (χ3n) is 2.77. The number of hydrogen-bond acceptors (Lipinski definition) is 1. The SMILES string of the molecule is Cc1ccc(CNCc2cc(Cl)ccc2Br)cc1. The van der Waals surface area contributed by atoms with Crippen molar-refractivity contribution in [1.29, 1.82) is 0 Å². The van der Waals surface area contributed by atoms with Gasteiger partial charge >= 0.3 is 0 Å². The molecular formula is C15H15BrClN. The zero-order chi connectivity index (χ0) is 13.0. The predicted octanol–water partition coefficient (Wildman–Crippen LogP) is 4.70. The molecule has 3 heteroatoms. The molecule has 0 fully saturated rings. The number of hydrogen-bond donors (Lipinski definition) is 1. The van der Waals surface area contributed by atoms with Gasteiger partial charge in [0.05, 0.1) is 0 Å². The molecule has 2 aromatic rings. The lowest BCUT2D eigenvalue weighted by Crippen LogP contribution is -2.13. The van der Waals surface area contributed by atoms with E-state index in [4.69, 9.17) is 11.6 Å². The molecule has 18 heavy (non-hydrogen) atoms. The Hall–Kier alpha value is -0.830. The van der Waals surface area contributed by atoms with Crippen molar-refractivity contribution >= 4 is 27.5 Å². The maximum Gasteiger partial charge on any atom is 0.0410 e. The van der Waals surface area contributed by atoms with E-state index < -0.39 is 0 Å². The first kappa shape index (κ1) is 13.6. The highest BCUT2D eigenvalue weighted by Gasteiger charge is 2.00. The van der Waals surface area contributed by atoms with Crippen molar-refractivity contribution in [3.63, 3.8) is 0 Å². The molecule has 1 nitrogen and oxygen atoms in total. The van der Waals surface area contributed by atoms with Gasteiger partial charge in [-0.3, -0.25) is 0 Å². The van der Waals surface area contributed by atoms with E-state index in [-0.39, 0.29) is 0 Å². The van der Waals surface area contributed by atoms with Crippen LogP contribution in [0.1, 0.15) is 16.7 Å². The van der Waals surface area contributed by atoms with Gasteiger partial charge in [0.2, 0.25) is 0 Å². The van der Waals surface area contributed by atoms with Crippen LogP contribution < -0.4 is 5.32 Å². The van der Waals surface area contributed by atoms with E-state index >= 15 is 0 Å². The fourth-order valence-corrected chi connectivity index (χ4v) is 2.31. The van der Waals surface area contributed by atoms with Crippen LogP contribution in [-0.2, 0) is 13.1 Å². The second-order valence-electron chi connectivity index (χ2n) is 4.32. The van der Waals surface area contributed by atoms with Gasteiger partial charge in [0.15, 0.2) is 0 Å². The molecule has 0 amide bonds. The average Bonchev–Trinajstić information content (AvgIpc) is 2.36. The smallest absolute Gasteiger partial charge is 0.0410 e. The molecule has 0 radical (unpaired) electrons. The van der Waals surface area contributed by atoms with Gasteiger partial charge in [-0.05, 0) is 36.2 Å². The van der Waals surface area contributed by atoms with Gasteiger partial charge in [0.25, 0.3) is 0 Å². The zero-order valence-electron chi connectivity index (χ0n) is 10.2. The van der Waals surface area contributed by atoms with Crippen molar-refractivity contribution < 1.29 is 0 Å². The normalized spacial score (nSPS) is 10.6. The summed E-state index contributed by atoms with van der Waals surface area (Å²) < 4.78 is 1.09. The quantitative estimate of drug-likeness (QED) is 0.859. The number of nitrogens with one attached hydrogen (secondary N) is 1. The van der Waals surface area contributed by atoms with Crippen LogP contribution in [0.15, 0.2) is 46.9 Å². The Labute approximate surface area is 121 Å². The van der Waals surface area contributed by atoms with E-state index in [9.17, 15) is 0 Å². The third-order valence-corrected chi connectivity index (χ3v) is 3.78. The molecule has 0 aliphatic rings. The molecule has 0 aromatic heterocycles. The van der Waals surface area contributed by atoms with E-state index in [1.54, 1.807) is 0 Å². The average molecular weight is 325 g/mol. The van der Waals surface area contributed by atoms with Gasteiger partial charge < -0.3 is 5.32 Å². The second kappa shape index (κ2) is 6.37. The van der Waals surface area contributed by atoms with Gasteiger partial charge in [-0.15, -0.1) is 0 Å². The highest BCUT2D eigenvalue weighted by molar-refractivity contribution is 9.10.